The van der Waals surface area contributed by atoms with Crippen LogP contribution in [0.4, 0.5) is 11.4 Å². The summed E-state index contributed by atoms with van der Waals surface area (Å²) in [7, 11) is 0. The monoisotopic (exact) mass is 461 g/mol. The lowest BCUT2D eigenvalue weighted by atomic mass is 9.71. The zero-order valence-corrected chi connectivity index (χ0v) is 21.2. The summed E-state index contributed by atoms with van der Waals surface area (Å²) in [5.41, 5.74) is 5.10. The first-order valence-electron chi connectivity index (χ1n) is 13.0. The molecular weight excluding hydrogens is 418 g/mol. The van der Waals surface area contributed by atoms with E-state index >= 15 is 0 Å². The third-order valence-corrected chi connectivity index (χ3v) is 8.62. The van der Waals surface area contributed by atoms with Gasteiger partial charge < -0.3 is 14.5 Å². The summed E-state index contributed by atoms with van der Waals surface area (Å²) in [5.74, 6) is 1.71. The van der Waals surface area contributed by atoms with Crippen molar-refractivity contribution < 1.29 is 4.74 Å². The van der Waals surface area contributed by atoms with Gasteiger partial charge >= 0.3 is 0 Å². The Kier molecular flexibility index (Phi) is 7.95. The van der Waals surface area contributed by atoms with Crippen molar-refractivity contribution in [2.45, 2.75) is 64.7 Å². The molecule has 2 aliphatic carbocycles. The van der Waals surface area contributed by atoms with E-state index in [0.717, 1.165) is 38.1 Å². The average Bonchev–Trinajstić information content (AvgIpc) is 2.77. The quantitative estimate of drug-likeness (QED) is 0.572. The van der Waals surface area contributed by atoms with E-state index in [1.54, 1.807) is 5.56 Å². The topological polar surface area (TPSA) is 19.0 Å². The van der Waals surface area contributed by atoms with E-state index in [1.807, 2.05) is 0 Å². The molecule has 5 rings (SSSR count). The van der Waals surface area contributed by atoms with Crippen LogP contribution in [-0.2, 0) is 4.74 Å². The molecule has 0 unspecified atom stereocenters. The van der Waals surface area contributed by atoms with Gasteiger partial charge in [-0.25, -0.2) is 0 Å². The normalized spacial score (nSPS) is 25.3. The molecule has 0 radical (unpaired) electrons. The summed E-state index contributed by atoms with van der Waals surface area (Å²) in [5, 5.41) is 0. The summed E-state index contributed by atoms with van der Waals surface area (Å²) in [4.78, 5) is 7.96. The third-order valence-electron chi connectivity index (χ3n) is 8.62. The Hall–Kier alpha value is -0.970. The van der Waals surface area contributed by atoms with Crippen LogP contribution in [0.1, 0.15) is 70.3 Å². The van der Waals surface area contributed by atoms with Gasteiger partial charge in [0.15, 0.2) is 0 Å². The molecule has 32 heavy (non-hydrogen) atoms. The molecule has 2 saturated heterocycles. The number of anilines is 2. The molecule has 2 aliphatic heterocycles. The Morgan fingerprint density at radius 1 is 0.875 bits per heavy atom. The lowest BCUT2D eigenvalue weighted by Crippen LogP contribution is -2.48. The molecule has 2 heterocycles. The first kappa shape index (κ1) is 24.2. The van der Waals surface area contributed by atoms with Crippen LogP contribution in [0.3, 0.4) is 0 Å². The summed E-state index contributed by atoms with van der Waals surface area (Å²) in [6.07, 6.45) is 9.78. The van der Waals surface area contributed by atoms with Crippen LogP contribution < -0.4 is 9.80 Å². The molecule has 0 amide bonds. The lowest BCUT2D eigenvalue weighted by molar-refractivity contribution is 0.122. The molecule has 1 aromatic carbocycles. The molecule has 180 valence electrons. The van der Waals surface area contributed by atoms with E-state index in [0.29, 0.717) is 5.41 Å². The highest BCUT2D eigenvalue weighted by molar-refractivity contribution is 5.85. The van der Waals surface area contributed by atoms with E-state index in [-0.39, 0.29) is 12.4 Å². The van der Waals surface area contributed by atoms with Crippen molar-refractivity contribution in [1.82, 2.24) is 4.90 Å². The second kappa shape index (κ2) is 10.5. The Bertz CT molecular complexity index is 726. The summed E-state index contributed by atoms with van der Waals surface area (Å²) < 4.78 is 5.60. The molecule has 4 aliphatic rings. The number of morpholine rings is 1. The van der Waals surface area contributed by atoms with E-state index in [2.05, 4.69) is 46.7 Å². The van der Waals surface area contributed by atoms with Gasteiger partial charge in [-0.2, -0.15) is 0 Å². The predicted molar refractivity (Wildman–Crippen MR) is 138 cm³/mol. The molecule has 0 bridgehead atoms. The molecule has 0 spiro atoms. The van der Waals surface area contributed by atoms with Gasteiger partial charge in [0.1, 0.15) is 0 Å². The average molecular weight is 462 g/mol. The van der Waals surface area contributed by atoms with E-state index in [4.69, 9.17) is 4.74 Å². The largest absolute Gasteiger partial charge is 0.378 e. The van der Waals surface area contributed by atoms with Gasteiger partial charge in [0.25, 0.3) is 0 Å². The summed E-state index contributed by atoms with van der Waals surface area (Å²) in [6.45, 7) is 14.9. The van der Waals surface area contributed by atoms with Gasteiger partial charge in [-0.15, -0.1) is 12.4 Å². The smallest absolute Gasteiger partial charge is 0.0642 e. The van der Waals surface area contributed by atoms with Crippen molar-refractivity contribution in [3.8, 4) is 0 Å². The van der Waals surface area contributed by atoms with Gasteiger partial charge in [0.05, 0.1) is 13.2 Å². The lowest BCUT2D eigenvalue weighted by Gasteiger charge is -2.42. The van der Waals surface area contributed by atoms with Crippen LogP contribution in [0.15, 0.2) is 18.2 Å². The SMILES string of the molecule is CC1(C)CCC(c2cc(N3CCOCC3)ccc2N2CCN(CC3CCC3)CC2)CC1.Cl. The molecule has 5 heteroatoms. The minimum atomic E-state index is 0. The van der Waals surface area contributed by atoms with E-state index in [1.165, 1.54) is 89.0 Å². The molecule has 4 fully saturated rings. The fraction of sp³-hybridized carbons (Fsp3) is 0.778. The number of hydrogen-bond acceptors (Lipinski definition) is 4. The van der Waals surface area contributed by atoms with Gasteiger partial charge in [0, 0.05) is 57.2 Å². The molecule has 0 aromatic heterocycles. The first-order valence-corrected chi connectivity index (χ1v) is 13.0. The maximum Gasteiger partial charge on any atom is 0.0642 e. The Morgan fingerprint density at radius 3 is 2.19 bits per heavy atom. The number of rotatable bonds is 5. The van der Waals surface area contributed by atoms with Gasteiger partial charge in [-0.1, -0.05) is 20.3 Å². The van der Waals surface area contributed by atoms with Gasteiger partial charge in [-0.05, 0) is 79.5 Å². The van der Waals surface area contributed by atoms with Crippen LogP contribution >= 0.6 is 12.4 Å². The second-order valence-corrected chi connectivity index (χ2v) is 11.4. The van der Waals surface area contributed by atoms with Gasteiger partial charge in [0.2, 0.25) is 0 Å². The second-order valence-electron chi connectivity index (χ2n) is 11.4. The van der Waals surface area contributed by atoms with Crippen molar-refractivity contribution in [2.24, 2.45) is 11.3 Å². The first-order chi connectivity index (χ1) is 15.1. The van der Waals surface area contributed by atoms with Crippen molar-refractivity contribution in [3.63, 3.8) is 0 Å². The number of halogens is 1. The standard InChI is InChI=1S/C27H43N3O.ClH/c1-27(2)10-8-23(9-11-27)25-20-24(29-16-18-31-19-17-29)6-7-26(25)30-14-12-28(13-15-30)21-22-4-3-5-22;/h6-7,20,22-23H,3-5,8-19,21H2,1-2H3;1H. The number of ether oxygens (including phenoxy) is 1. The minimum absolute atomic E-state index is 0. The number of hydrogen-bond donors (Lipinski definition) is 0. The molecule has 1 aromatic rings. The number of nitrogens with zero attached hydrogens (tertiary/aromatic N) is 3. The highest BCUT2D eigenvalue weighted by atomic mass is 35.5. The summed E-state index contributed by atoms with van der Waals surface area (Å²) in [6, 6.07) is 7.41. The van der Waals surface area contributed by atoms with Crippen LogP contribution in [-0.4, -0.2) is 63.9 Å². The zero-order chi connectivity index (χ0) is 21.3. The van der Waals surface area contributed by atoms with Crippen molar-refractivity contribution >= 4 is 23.8 Å². The van der Waals surface area contributed by atoms with E-state index < -0.39 is 0 Å². The fourth-order valence-corrected chi connectivity index (χ4v) is 6.10. The van der Waals surface area contributed by atoms with Crippen molar-refractivity contribution in [1.29, 1.82) is 0 Å². The van der Waals surface area contributed by atoms with E-state index in [9.17, 15) is 0 Å². The highest BCUT2D eigenvalue weighted by Gasteiger charge is 2.31. The molecule has 2 saturated carbocycles. The van der Waals surface area contributed by atoms with Crippen LogP contribution in [0, 0.1) is 11.3 Å². The molecular formula is C27H44ClN3O. The maximum atomic E-state index is 5.60. The number of benzene rings is 1. The van der Waals surface area contributed by atoms with Crippen molar-refractivity contribution in [3.05, 3.63) is 23.8 Å². The van der Waals surface area contributed by atoms with Gasteiger partial charge in [-0.3, -0.25) is 4.90 Å². The fourth-order valence-electron chi connectivity index (χ4n) is 6.10. The number of piperazine rings is 1. The van der Waals surface area contributed by atoms with Crippen LogP contribution in [0.25, 0.3) is 0 Å². The zero-order valence-electron chi connectivity index (χ0n) is 20.4. The van der Waals surface area contributed by atoms with Crippen LogP contribution in [0.5, 0.6) is 0 Å². The third kappa shape index (κ3) is 5.56. The molecule has 0 N–H and O–H groups in total. The molecule has 4 nitrogen and oxygen atoms in total. The van der Waals surface area contributed by atoms with Crippen molar-refractivity contribution in [2.75, 3.05) is 68.8 Å². The maximum absolute atomic E-state index is 5.60. The predicted octanol–water partition coefficient (Wildman–Crippen LogP) is 5.55. The summed E-state index contributed by atoms with van der Waals surface area (Å²) >= 11 is 0. The Morgan fingerprint density at radius 2 is 1.56 bits per heavy atom. The van der Waals surface area contributed by atoms with Crippen LogP contribution in [0.2, 0.25) is 0 Å². The minimum Gasteiger partial charge on any atom is -0.378 e. The Balaban J connectivity index is 0.00000245. The highest BCUT2D eigenvalue weighted by Crippen LogP contribution is 2.45. The molecule has 0 atom stereocenters. The Labute approximate surface area is 202 Å².